The number of primary amides is 1. The first-order valence-corrected chi connectivity index (χ1v) is 14.3. The third-order valence-corrected chi connectivity index (χ3v) is 6.05. The maximum absolute atomic E-state index is 12.3. The Kier molecular flexibility index (Phi) is 20.0. The maximum Gasteiger partial charge on any atom is 0.312 e. The summed E-state index contributed by atoms with van der Waals surface area (Å²) in [5.74, 6) is -0.765. The summed E-state index contributed by atoms with van der Waals surface area (Å²) in [6.07, 6.45) is 8.63. The summed E-state index contributed by atoms with van der Waals surface area (Å²) in [6.45, 7) is 10.4. The summed E-state index contributed by atoms with van der Waals surface area (Å²) in [7, 11) is 0. The van der Waals surface area contributed by atoms with Gasteiger partial charge in [0.25, 0.3) is 0 Å². The lowest BCUT2D eigenvalue weighted by atomic mass is 9.91. The number of hydrogen-bond acceptors (Lipinski definition) is 6. The van der Waals surface area contributed by atoms with E-state index in [2.05, 4.69) is 16.0 Å². The topological polar surface area (TPSA) is 166 Å². The van der Waals surface area contributed by atoms with E-state index in [9.17, 15) is 19.2 Å². The first-order valence-electron chi connectivity index (χ1n) is 14.3. The molecule has 0 heterocycles. The normalized spacial score (nSPS) is 14.1. The molecule has 0 aliphatic heterocycles. The molecule has 1 saturated carbocycles. The SMILES string of the molecule is CC.CC(C)C(N)C(=O)NCC(=O)Nc1ccc(COC(=O)C2CCCCCCC2)cc1.CCCNC(N)=O. The van der Waals surface area contributed by atoms with E-state index < -0.39 is 12.1 Å². The number of nitrogens with one attached hydrogen (secondary N) is 3. The van der Waals surface area contributed by atoms with Crippen molar-refractivity contribution in [1.29, 1.82) is 0 Å². The van der Waals surface area contributed by atoms with Crippen LogP contribution in [-0.4, -0.2) is 42.9 Å². The van der Waals surface area contributed by atoms with Crippen molar-refractivity contribution in [2.75, 3.05) is 18.4 Å². The molecule has 0 saturated heterocycles. The molecular formula is C29H51N5O5. The molecule has 39 heavy (non-hydrogen) atoms. The Bertz CT molecular complexity index is 837. The first kappa shape index (κ1) is 35.9. The van der Waals surface area contributed by atoms with Crippen LogP contribution in [0.5, 0.6) is 0 Å². The van der Waals surface area contributed by atoms with Gasteiger partial charge in [0.1, 0.15) is 6.61 Å². The van der Waals surface area contributed by atoms with E-state index >= 15 is 0 Å². The lowest BCUT2D eigenvalue weighted by Crippen LogP contribution is -2.46. The summed E-state index contributed by atoms with van der Waals surface area (Å²) in [5.41, 5.74) is 11.9. The zero-order valence-electron chi connectivity index (χ0n) is 24.5. The van der Waals surface area contributed by atoms with Crippen molar-refractivity contribution < 1.29 is 23.9 Å². The Morgan fingerprint density at radius 1 is 0.949 bits per heavy atom. The Balaban J connectivity index is 0.00000139. The van der Waals surface area contributed by atoms with Crippen molar-refractivity contribution in [2.45, 2.75) is 98.6 Å². The fraction of sp³-hybridized carbons (Fsp3) is 0.655. The molecule has 0 spiro atoms. The van der Waals surface area contributed by atoms with Crippen LogP contribution in [0.15, 0.2) is 24.3 Å². The second-order valence-corrected chi connectivity index (χ2v) is 9.67. The van der Waals surface area contributed by atoms with E-state index in [0.717, 1.165) is 37.7 Å². The van der Waals surface area contributed by atoms with Gasteiger partial charge in [0.2, 0.25) is 11.8 Å². The van der Waals surface area contributed by atoms with Crippen molar-refractivity contribution >= 4 is 29.5 Å². The number of esters is 1. The summed E-state index contributed by atoms with van der Waals surface area (Å²) in [5, 5.41) is 7.69. The summed E-state index contributed by atoms with van der Waals surface area (Å²) < 4.78 is 5.51. The third kappa shape index (κ3) is 17.1. The highest BCUT2D eigenvalue weighted by Gasteiger charge is 2.21. The Morgan fingerprint density at radius 3 is 2.00 bits per heavy atom. The first-order chi connectivity index (χ1) is 18.6. The zero-order chi connectivity index (χ0) is 29.6. The van der Waals surface area contributed by atoms with E-state index in [1.807, 2.05) is 46.8 Å². The van der Waals surface area contributed by atoms with Crippen molar-refractivity contribution in [3.63, 3.8) is 0 Å². The summed E-state index contributed by atoms with van der Waals surface area (Å²) in [4.78, 5) is 46.0. The largest absolute Gasteiger partial charge is 0.461 e. The van der Waals surface area contributed by atoms with Crippen molar-refractivity contribution in [3.05, 3.63) is 29.8 Å². The molecule has 1 atom stereocenters. The van der Waals surface area contributed by atoms with Crippen LogP contribution in [0.25, 0.3) is 0 Å². The maximum atomic E-state index is 12.3. The highest BCUT2D eigenvalue weighted by atomic mass is 16.5. The minimum absolute atomic E-state index is 0.00163. The average Bonchev–Trinajstić information content (AvgIpc) is 2.90. The molecular weight excluding hydrogens is 498 g/mol. The van der Waals surface area contributed by atoms with Crippen molar-refractivity contribution in [2.24, 2.45) is 23.3 Å². The molecule has 2 rings (SSSR count). The minimum atomic E-state index is -0.637. The number of urea groups is 1. The molecule has 1 unspecified atom stereocenters. The van der Waals surface area contributed by atoms with Crippen LogP contribution in [0.1, 0.15) is 91.5 Å². The van der Waals surface area contributed by atoms with Gasteiger partial charge in [0, 0.05) is 12.2 Å². The van der Waals surface area contributed by atoms with Gasteiger partial charge in [-0.2, -0.15) is 0 Å². The highest BCUT2D eigenvalue weighted by Crippen LogP contribution is 2.23. The van der Waals surface area contributed by atoms with Crippen LogP contribution in [0.4, 0.5) is 10.5 Å². The average molecular weight is 550 g/mol. The molecule has 0 aromatic heterocycles. The van der Waals surface area contributed by atoms with Crippen LogP contribution in [-0.2, 0) is 25.7 Å². The number of amides is 4. The molecule has 0 radical (unpaired) electrons. The fourth-order valence-corrected chi connectivity index (χ4v) is 3.69. The Labute approximate surface area is 234 Å². The smallest absolute Gasteiger partial charge is 0.312 e. The van der Waals surface area contributed by atoms with Gasteiger partial charge in [-0.05, 0) is 42.9 Å². The number of hydrogen-bond donors (Lipinski definition) is 5. The van der Waals surface area contributed by atoms with Crippen LogP contribution in [0.3, 0.4) is 0 Å². The standard InChI is InChI=1S/C23H35N3O4.C4H10N2O.C2H6/c1-16(2)21(24)22(28)25-14-20(27)26-19-12-10-17(11-13-19)15-30-23(29)18-8-6-4-3-5-7-9-18;1-2-3-6-4(5)7;1-2/h10-13,16,18,21H,3-9,14-15,24H2,1-2H3,(H,25,28)(H,26,27);2-3H2,1H3,(H3,5,6,7);1-2H3. The van der Waals surface area contributed by atoms with Crippen molar-refractivity contribution in [3.8, 4) is 0 Å². The molecule has 7 N–H and O–H groups in total. The molecule has 4 amide bonds. The van der Waals surface area contributed by atoms with Crippen molar-refractivity contribution in [1.82, 2.24) is 10.6 Å². The monoisotopic (exact) mass is 549 g/mol. The molecule has 1 fully saturated rings. The predicted molar refractivity (Wildman–Crippen MR) is 156 cm³/mol. The van der Waals surface area contributed by atoms with Gasteiger partial charge >= 0.3 is 12.0 Å². The number of carbonyl (C=O) groups is 4. The number of rotatable bonds is 10. The number of benzene rings is 1. The second kappa shape index (κ2) is 21.8. The fourth-order valence-electron chi connectivity index (χ4n) is 3.69. The van der Waals surface area contributed by atoms with E-state index in [4.69, 9.17) is 16.2 Å². The highest BCUT2D eigenvalue weighted by molar-refractivity contribution is 5.95. The Morgan fingerprint density at radius 2 is 1.51 bits per heavy atom. The minimum Gasteiger partial charge on any atom is -0.461 e. The van der Waals surface area contributed by atoms with E-state index in [1.165, 1.54) is 19.3 Å². The van der Waals surface area contributed by atoms with Crippen LogP contribution >= 0.6 is 0 Å². The third-order valence-electron chi connectivity index (χ3n) is 6.05. The lowest BCUT2D eigenvalue weighted by Gasteiger charge is -2.18. The van der Waals surface area contributed by atoms with Gasteiger partial charge in [0.15, 0.2) is 0 Å². The number of nitrogens with two attached hydrogens (primary N) is 2. The molecule has 0 bridgehead atoms. The molecule has 1 aliphatic rings. The number of carbonyl (C=O) groups excluding carboxylic acids is 4. The molecule has 10 nitrogen and oxygen atoms in total. The van der Waals surface area contributed by atoms with Crippen LogP contribution < -0.4 is 27.4 Å². The Hall–Kier alpha value is -3.14. The van der Waals surface area contributed by atoms with Crippen LogP contribution in [0.2, 0.25) is 0 Å². The summed E-state index contributed by atoms with van der Waals surface area (Å²) >= 11 is 0. The van der Waals surface area contributed by atoms with E-state index in [1.54, 1.807) is 12.1 Å². The summed E-state index contributed by atoms with van der Waals surface area (Å²) in [6, 6.07) is 6.05. The van der Waals surface area contributed by atoms with Gasteiger partial charge in [-0.3, -0.25) is 14.4 Å². The molecule has 10 heteroatoms. The van der Waals surface area contributed by atoms with Gasteiger partial charge < -0.3 is 32.2 Å². The second-order valence-electron chi connectivity index (χ2n) is 9.67. The quantitative estimate of drug-likeness (QED) is 0.274. The number of ether oxygens (including phenoxy) is 1. The molecule has 1 aromatic rings. The predicted octanol–water partition coefficient (Wildman–Crippen LogP) is 4.22. The molecule has 222 valence electrons. The van der Waals surface area contributed by atoms with Gasteiger partial charge in [-0.15, -0.1) is 0 Å². The van der Waals surface area contributed by atoms with Gasteiger partial charge in [-0.1, -0.05) is 78.9 Å². The van der Waals surface area contributed by atoms with Gasteiger partial charge in [0.05, 0.1) is 18.5 Å². The number of anilines is 1. The molecule has 1 aromatic carbocycles. The van der Waals surface area contributed by atoms with Crippen LogP contribution in [0, 0.1) is 11.8 Å². The van der Waals surface area contributed by atoms with E-state index in [-0.39, 0.29) is 42.8 Å². The lowest BCUT2D eigenvalue weighted by molar-refractivity contribution is -0.150. The van der Waals surface area contributed by atoms with Gasteiger partial charge in [-0.25, -0.2) is 4.79 Å². The zero-order valence-corrected chi connectivity index (χ0v) is 24.5. The molecule has 1 aliphatic carbocycles. The van der Waals surface area contributed by atoms with E-state index in [0.29, 0.717) is 12.2 Å².